The van der Waals surface area contributed by atoms with Crippen molar-refractivity contribution >= 4 is 33.2 Å². The lowest BCUT2D eigenvalue weighted by Crippen LogP contribution is -2.42. The minimum Gasteiger partial charge on any atom is -0.323 e. The molecule has 3 rings (SSSR count). The van der Waals surface area contributed by atoms with Gasteiger partial charge in [0.25, 0.3) is 0 Å². The van der Waals surface area contributed by atoms with Gasteiger partial charge in [0.05, 0.1) is 27.9 Å². The highest BCUT2D eigenvalue weighted by Crippen LogP contribution is 2.34. The van der Waals surface area contributed by atoms with E-state index in [1.165, 1.54) is 11.8 Å². The van der Waals surface area contributed by atoms with E-state index >= 15 is 0 Å². The molecule has 0 aromatic heterocycles. The summed E-state index contributed by atoms with van der Waals surface area (Å²) in [6.07, 6.45) is -3.81. The molecule has 1 unspecified atom stereocenters. The van der Waals surface area contributed by atoms with Gasteiger partial charge in [-0.1, -0.05) is 24.3 Å². The Kier molecular flexibility index (Phi) is 6.37. The molecule has 2 amide bonds. The first-order chi connectivity index (χ1) is 14.5. The van der Waals surface area contributed by atoms with Crippen molar-refractivity contribution in [1.82, 2.24) is 4.72 Å². The van der Waals surface area contributed by atoms with Crippen molar-refractivity contribution in [1.29, 1.82) is 0 Å². The highest BCUT2D eigenvalue weighted by atomic mass is 32.2. The molecule has 2 aromatic carbocycles. The normalized spacial score (nSPS) is 15.7. The van der Waals surface area contributed by atoms with Crippen molar-refractivity contribution in [2.45, 2.75) is 36.9 Å². The van der Waals surface area contributed by atoms with Crippen molar-refractivity contribution in [3.05, 3.63) is 54.1 Å². The van der Waals surface area contributed by atoms with Crippen molar-refractivity contribution < 1.29 is 31.2 Å². The van der Waals surface area contributed by atoms with Gasteiger partial charge in [-0.05, 0) is 37.6 Å². The summed E-state index contributed by atoms with van der Waals surface area (Å²) < 4.78 is 66.6. The fraction of sp³-hybridized carbons (Fsp3) is 0.300. The summed E-state index contributed by atoms with van der Waals surface area (Å²) in [6.45, 7) is 1.70. The zero-order valence-corrected chi connectivity index (χ0v) is 17.3. The summed E-state index contributed by atoms with van der Waals surface area (Å²) in [5.41, 5.74) is -0.562. The minimum atomic E-state index is -4.88. The molecule has 2 N–H and O–H groups in total. The second kappa shape index (κ2) is 8.67. The molecule has 0 spiro atoms. The van der Waals surface area contributed by atoms with Crippen LogP contribution in [-0.4, -0.2) is 32.8 Å². The summed E-state index contributed by atoms with van der Waals surface area (Å²) in [7, 11) is -4.64. The fourth-order valence-corrected chi connectivity index (χ4v) is 4.67. The number of rotatable bonds is 6. The monoisotopic (exact) mass is 455 g/mol. The van der Waals surface area contributed by atoms with E-state index in [-0.39, 0.29) is 5.91 Å². The maximum atomic E-state index is 13.2. The molecule has 2 aromatic rings. The third kappa shape index (κ3) is 5.05. The summed E-state index contributed by atoms with van der Waals surface area (Å²) in [6, 6.07) is 8.87. The number of nitrogens with zero attached hydrogens (tertiary/aromatic N) is 1. The standard InChI is InChI=1S/C20H20F3N3O4S/c1-13(25-31(29,30)17-10-5-2-7-14(17)20(21,22)23)19(28)24-15-8-3-4-9-16(15)26-12-6-11-18(26)27/h2-5,7-10,13,25H,6,11-12H2,1H3,(H,24,28). The van der Waals surface area contributed by atoms with Crippen LogP contribution in [0.4, 0.5) is 24.5 Å². The average molecular weight is 455 g/mol. The predicted molar refractivity (Wildman–Crippen MR) is 108 cm³/mol. The van der Waals surface area contributed by atoms with E-state index in [0.717, 1.165) is 18.2 Å². The molecule has 0 saturated carbocycles. The van der Waals surface area contributed by atoms with E-state index in [2.05, 4.69) is 5.32 Å². The van der Waals surface area contributed by atoms with Crippen LogP contribution in [-0.2, 0) is 25.8 Å². The number of sulfonamides is 1. The van der Waals surface area contributed by atoms with Gasteiger partial charge in [-0.2, -0.15) is 17.9 Å². The van der Waals surface area contributed by atoms with E-state index in [9.17, 15) is 31.2 Å². The highest BCUT2D eigenvalue weighted by Gasteiger charge is 2.37. The van der Waals surface area contributed by atoms with Crippen LogP contribution in [0.5, 0.6) is 0 Å². The molecule has 1 saturated heterocycles. The van der Waals surface area contributed by atoms with Crippen LogP contribution in [0.2, 0.25) is 0 Å². The van der Waals surface area contributed by atoms with Gasteiger partial charge < -0.3 is 10.2 Å². The number of anilines is 2. The number of carbonyl (C=O) groups is 2. The van der Waals surface area contributed by atoms with Crippen molar-refractivity contribution in [2.24, 2.45) is 0 Å². The first kappa shape index (κ1) is 22.8. The highest BCUT2D eigenvalue weighted by molar-refractivity contribution is 7.89. The molecular formula is C20H20F3N3O4S. The molecule has 0 radical (unpaired) electrons. The number of hydrogen-bond acceptors (Lipinski definition) is 4. The summed E-state index contributed by atoms with van der Waals surface area (Å²) in [5, 5.41) is 2.54. The number of hydrogen-bond donors (Lipinski definition) is 2. The molecule has 1 aliphatic rings. The summed E-state index contributed by atoms with van der Waals surface area (Å²) >= 11 is 0. The van der Waals surface area contributed by atoms with Crippen LogP contribution in [0, 0.1) is 0 Å². The van der Waals surface area contributed by atoms with E-state index < -0.39 is 38.6 Å². The summed E-state index contributed by atoms with van der Waals surface area (Å²) in [5.74, 6) is -0.883. The molecule has 0 aliphatic carbocycles. The molecule has 166 valence electrons. The second-order valence-corrected chi connectivity index (χ2v) is 8.67. The number of nitrogens with one attached hydrogen (secondary N) is 2. The quantitative estimate of drug-likeness (QED) is 0.700. The van der Waals surface area contributed by atoms with E-state index in [1.807, 2.05) is 4.72 Å². The Labute approximate surface area is 177 Å². The lowest BCUT2D eigenvalue weighted by Gasteiger charge is -2.21. The number of benzene rings is 2. The van der Waals surface area contributed by atoms with E-state index in [1.54, 1.807) is 24.3 Å². The molecular weight excluding hydrogens is 435 g/mol. The lowest BCUT2D eigenvalue weighted by molar-refractivity contribution is -0.139. The zero-order valence-electron chi connectivity index (χ0n) is 16.4. The molecule has 11 heteroatoms. The third-order valence-electron chi connectivity index (χ3n) is 4.73. The van der Waals surface area contributed by atoms with E-state index in [0.29, 0.717) is 36.8 Å². The number of para-hydroxylation sites is 2. The van der Waals surface area contributed by atoms with Crippen LogP contribution in [0.25, 0.3) is 0 Å². The smallest absolute Gasteiger partial charge is 0.323 e. The second-order valence-electron chi connectivity index (χ2n) is 6.99. The predicted octanol–water partition coefficient (Wildman–Crippen LogP) is 3.14. The van der Waals surface area contributed by atoms with Gasteiger partial charge >= 0.3 is 6.18 Å². The molecule has 1 aliphatic heterocycles. The molecule has 1 heterocycles. The average Bonchev–Trinajstić information content (AvgIpc) is 3.13. The van der Waals surface area contributed by atoms with Crippen molar-refractivity contribution in [3.63, 3.8) is 0 Å². The Morgan fingerprint density at radius 3 is 2.39 bits per heavy atom. The zero-order chi connectivity index (χ0) is 22.8. The van der Waals surface area contributed by atoms with Crippen LogP contribution in [0.3, 0.4) is 0 Å². The van der Waals surface area contributed by atoms with Crippen LogP contribution >= 0.6 is 0 Å². The first-order valence-corrected chi connectivity index (χ1v) is 10.9. The molecule has 31 heavy (non-hydrogen) atoms. The summed E-state index contributed by atoms with van der Waals surface area (Å²) in [4.78, 5) is 25.2. The molecule has 1 fully saturated rings. The number of alkyl halides is 3. The van der Waals surface area contributed by atoms with Gasteiger partial charge in [0.1, 0.15) is 0 Å². The number of halogens is 3. The van der Waals surface area contributed by atoms with Gasteiger partial charge in [0.2, 0.25) is 21.8 Å². The fourth-order valence-electron chi connectivity index (χ4n) is 3.24. The van der Waals surface area contributed by atoms with Crippen molar-refractivity contribution in [2.75, 3.05) is 16.8 Å². The SMILES string of the molecule is CC(NS(=O)(=O)c1ccccc1C(F)(F)F)C(=O)Nc1ccccc1N1CCCC1=O. The number of amides is 2. The molecule has 7 nitrogen and oxygen atoms in total. The minimum absolute atomic E-state index is 0.0980. The largest absolute Gasteiger partial charge is 0.417 e. The van der Waals surface area contributed by atoms with Crippen molar-refractivity contribution in [3.8, 4) is 0 Å². The Balaban J connectivity index is 1.79. The van der Waals surface area contributed by atoms with Gasteiger partial charge in [0, 0.05) is 13.0 Å². The Hall–Kier alpha value is -2.92. The molecule has 1 atom stereocenters. The Morgan fingerprint density at radius 2 is 1.74 bits per heavy atom. The maximum Gasteiger partial charge on any atom is 0.417 e. The van der Waals surface area contributed by atoms with Crippen LogP contribution < -0.4 is 14.9 Å². The number of carbonyl (C=O) groups excluding carboxylic acids is 2. The third-order valence-corrected chi connectivity index (χ3v) is 6.33. The lowest BCUT2D eigenvalue weighted by atomic mass is 10.2. The van der Waals surface area contributed by atoms with Gasteiger partial charge in [0.15, 0.2) is 0 Å². The topological polar surface area (TPSA) is 95.6 Å². The van der Waals surface area contributed by atoms with Gasteiger partial charge in [-0.15, -0.1) is 0 Å². The molecule has 0 bridgehead atoms. The van der Waals surface area contributed by atoms with Crippen LogP contribution in [0.1, 0.15) is 25.3 Å². The maximum absolute atomic E-state index is 13.2. The Morgan fingerprint density at radius 1 is 1.10 bits per heavy atom. The van der Waals surface area contributed by atoms with Crippen LogP contribution in [0.15, 0.2) is 53.4 Å². The first-order valence-electron chi connectivity index (χ1n) is 9.39. The van der Waals surface area contributed by atoms with Gasteiger partial charge in [-0.25, -0.2) is 8.42 Å². The van der Waals surface area contributed by atoms with E-state index in [4.69, 9.17) is 0 Å². The Bertz CT molecular complexity index is 1100. The van der Waals surface area contributed by atoms with Gasteiger partial charge in [-0.3, -0.25) is 9.59 Å².